The van der Waals surface area contributed by atoms with E-state index in [-0.39, 0.29) is 6.61 Å². The molecule has 1 atom stereocenters. The second kappa shape index (κ2) is 6.58. The Labute approximate surface area is 99.2 Å². The molecule has 1 unspecified atom stereocenters. The van der Waals surface area contributed by atoms with Crippen molar-refractivity contribution in [3.05, 3.63) is 0 Å². The van der Waals surface area contributed by atoms with E-state index in [1.54, 1.807) is 0 Å². The molecule has 0 aromatic carbocycles. The van der Waals surface area contributed by atoms with Crippen molar-refractivity contribution in [1.29, 1.82) is 0 Å². The maximum absolute atomic E-state index is 9.30. The van der Waals surface area contributed by atoms with Gasteiger partial charge in [0.25, 0.3) is 0 Å². The quantitative estimate of drug-likeness (QED) is 0.698. The van der Waals surface area contributed by atoms with Gasteiger partial charge < -0.3 is 10.4 Å². The number of hydrogen-bond donors (Lipinski definition) is 2. The molecule has 2 rings (SSSR count). The molecule has 1 aliphatic heterocycles. The van der Waals surface area contributed by atoms with Gasteiger partial charge in [-0.2, -0.15) is 0 Å². The number of rotatable bonds is 2. The van der Waals surface area contributed by atoms with Crippen molar-refractivity contribution in [2.75, 3.05) is 26.2 Å². The summed E-state index contributed by atoms with van der Waals surface area (Å²) < 4.78 is 0. The number of aliphatic hydroxyl groups excluding tert-OH is 1. The van der Waals surface area contributed by atoms with Crippen molar-refractivity contribution in [3.63, 3.8) is 0 Å². The molecule has 1 aliphatic carbocycles. The second-order valence-electron chi connectivity index (χ2n) is 5.33. The Balaban J connectivity index is 1.89. The molecule has 2 aliphatic rings. The maximum Gasteiger partial charge on any atom is 0.0597 e. The molecule has 3 heteroatoms. The third-order valence-corrected chi connectivity index (χ3v) is 4.07. The van der Waals surface area contributed by atoms with Gasteiger partial charge in [-0.15, -0.1) is 0 Å². The zero-order valence-corrected chi connectivity index (χ0v) is 10.3. The van der Waals surface area contributed by atoms with Gasteiger partial charge in [-0.1, -0.05) is 25.7 Å². The molecule has 0 aromatic rings. The average molecular weight is 226 g/mol. The first-order valence-electron chi connectivity index (χ1n) is 6.98. The van der Waals surface area contributed by atoms with Crippen LogP contribution in [0.5, 0.6) is 0 Å². The molecule has 1 saturated heterocycles. The van der Waals surface area contributed by atoms with Gasteiger partial charge in [0.05, 0.1) is 6.61 Å². The maximum atomic E-state index is 9.30. The molecular formula is C13H26N2O. The summed E-state index contributed by atoms with van der Waals surface area (Å²) in [5, 5.41) is 12.7. The van der Waals surface area contributed by atoms with Crippen LogP contribution in [-0.4, -0.2) is 48.3 Å². The Morgan fingerprint density at radius 3 is 2.50 bits per heavy atom. The van der Waals surface area contributed by atoms with Gasteiger partial charge >= 0.3 is 0 Å². The van der Waals surface area contributed by atoms with E-state index in [0.717, 1.165) is 19.1 Å². The lowest BCUT2D eigenvalue weighted by atomic mass is 10.1. The predicted molar refractivity (Wildman–Crippen MR) is 66.6 cm³/mol. The van der Waals surface area contributed by atoms with Gasteiger partial charge in [0.15, 0.2) is 0 Å². The minimum Gasteiger partial charge on any atom is -0.395 e. The van der Waals surface area contributed by atoms with Gasteiger partial charge in [0.2, 0.25) is 0 Å². The van der Waals surface area contributed by atoms with E-state index in [0.29, 0.717) is 6.04 Å². The summed E-state index contributed by atoms with van der Waals surface area (Å²) in [6.07, 6.45) is 9.62. The number of aliphatic hydroxyl groups is 1. The van der Waals surface area contributed by atoms with Crippen molar-refractivity contribution < 1.29 is 5.11 Å². The van der Waals surface area contributed by atoms with Gasteiger partial charge in [-0.3, -0.25) is 4.90 Å². The molecule has 0 spiro atoms. The molecule has 0 aromatic heterocycles. The van der Waals surface area contributed by atoms with Gasteiger partial charge in [0.1, 0.15) is 0 Å². The standard InChI is InChI=1S/C13H26N2O/c16-11-12-10-15(9-5-8-14-12)13-6-3-1-2-4-7-13/h12-14,16H,1-11H2. The summed E-state index contributed by atoms with van der Waals surface area (Å²) in [5.41, 5.74) is 0. The smallest absolute Gasteiger partial charge is 0.0597 e. The molecule has 0 amide bonds. The van der Waals surface area contributed by atoms with Crippen molar-refractivity contribution in [1.82, 2.24) is 10.2 Å². The zero-order chi connectivity index (χ0) is 11.2. The topological polar surface area (TPSA) is 35.5 Å². The highest BCUT2D eigenvalue weighted by Gasteiger charge is 2.24. The summed E-state index contributed by atoms with van der Waals surface area (Å²) in [6, 6.07) is 1.09. The predicted octanol–water partition coefficient (Wildman–Crippen LogP) is 1.37. The Bertz CT molecular complexity index is 190. The highest BCUT2D eigenvalue weighted by Crippen LogP contribution is 2.22. The second-order valence-corrected chi connectivity index (χ2v) is 5.33. The summed E-state index contributed by atoms with van der Waals surface area (Å²) in [6.45, 7) is 3.60. The Hall–Kier alpha value is -0.120. The third-order valence-electron chi connectivity index (χ3n) is 4.07. The Morgan fingerprint density at radius 2 is 1.81 bits per heavy atom. The monoisotopic (exact) mass is 226 g/mol. The fourth-order valence-corrected chi connectivity index (χ4v) is 3.10. The Kier molecular flexibility index (Phi) is 5.07. The van der Waals surface area contributed by atoms with Crippen LogP contribution in [0.4, 0.5) is 0 Å². The first kappa shape index (κ1) is 12.3. The number of hydrogen-bond acceptors (Lipinski definition) is 3. The molecule has 0 radical (unpaired) electrons. The molecule has 1 heterocycles. The molecule has 2 fully saturated rings. The molecule has 1 saturated carbocycles. The van der Waals surface area contributed by atoms with Gasteiger partial charge in [-0.25, -0.2) is 0 Å². The minimum absolute atomic E-state index is 0.281. The van der Waals surface area contributed by atoms with Crippen molar-refractivity contribution in [3.8, 4) is 0 Å². The van der Waals surface area contributed by atoms with Crippen LogP contribution >= 0.6 is 0 Å². The van der Waals surface area contributed by atoms with Crippen LogP contribution in [0.3, 0.4) is 0 Å². The average Bonchev–Trinajstić information content (AvgIpc) is 2.71. The first-order valence-corrected chi connectivity index (χ1v) is 6.98. The minimum atomic E-state index is 0.281. The molecule has 16 heavy (non-hydrogen) atoms. The summed E-state index contributed by atoms with van der Waals surface area (Å²) in [4.78, 5) is 2.63. The van der Waals surface area contributed by atoms with E-state index in [2.05, 4.69) is 10.2 Å². The van der Waals surface area contributed by atoms with Crippen LogP contribution in [0.15, 0.2) is 0 Å². The molecular weight excluding hydrogens is 200 g/mol. The van der Waals surface area contributed by atoms with Crippen LogP contribution in [0.25, 0.3) is 0 Å². The zero-order valence-electron chi connectivity index (χ0n) is 10.3. The summed E-state index contributed by atoms with van der Waals surface area (Å²) in [7, 11) is 0. The highest BCUT2D eigenvalue weighted by atomic mass is 16.3. The van der Waals surface area contributed by atoms with E-state index in [1.165, 1.54) is 51.5 Å². The van der Waals surface area contributed by atoms with Crippen LogP contribution in [0.1, 0.15) is 44.9 Å². The summed E-state index contributed by atoms with van der Waals surface area (Å²) in [5.74, 6) is 0. The van der Waals surface area contributed by atoms with Crippen LogP contribution in [0, 0.1) is 0 Å². The number of nitrogens with one attached hydrogen (secondary N) is 1. The van der Waals surface area contributed by atoms with Crippen molar-refractivity contribution >= 4 is 0 Å². The van der Waals surface area contributed by atoms with E-state index in [4.69, 9.17) is 0 Å². The lowest BCUT2D eigenvalue weighted by molar-refractivity contribution is 0.151. The number of nitrogens with zero attached hydrogens (tertiary/aromatic N) is 1. The van der Waals surface area contributed by atoms with Crippen LogP contribution < -0.4 is 5.32 Å². The Morgan fingerprint density at radius 1 is 1.06 bits per heavy atom. The summed E-state index contributed by atoms with van der Waals surface area (Å²) >= 11 is 0. The fraction of sp³-hybridized carbons (Fsp3) is 1.00. The molecule has 2 N–H and O–H groups in total. The van der Waals surface area contributed by atoms with Gasteiger partial charge in [-0.05, 0) is 32.4 Å². The highest BCUT2D eigenvalue weighted by molar-refractivity contribution is 4.82. The molecule has 0 bridgehead atoms. The van der Waals surface area contributed by atoms with Crippen molar-refractivity contribution in [2.24, 2.45) is 0 Å². The normalized spacial score (nSPS) is 30.9. The van der Waals surface area contributed by atoms with Crippen molar-refractivity contribution in [2.45, 2.75) is 57.0 Å². The molecule has 94 valence electrons. The first-order chi connectivity index (χ1) is 7.90. The van der Waals surface area contributed by atoms with E-state index in [9.17, 15) is 5.11 Å². The lowest BCUT2D eigenvalue weighted by Gasteiger charge is -2.31. The van der Waals surface area contributed by atoms with Crippen LogP contribution in [-0.2, 0) is 0 Å². The molecule has 3 nitrogen and oxygen atoms in total. The SMILES string of the molecule is OCC1CN(C2CCCCCC2)CCCN1. The van der Waals surface area contributed by atoms with E-state index in [1.807, 2.05) is 0 Å². The van der Waals surface area contributed by atoms with Crippen LogP contribution in [0.2, 0.25) is 0 Å². The van der Waals surface area contributed by atoms with Gasteiger partial charge in [0, 0.05) is 18.6 Å². The third kappa shape index (κ3) is 3.44. The largest absolute Gasteiger partial charge is 0.395 e. The van der Waals surface area contributed by atoms with E-state index >= 15 is 0 Å². The lowest BCUT2D eigenvalue weighted by Crippen LogP contribution is -2.44. The fourth-order valence-electron chi connectivity index (χ4n) is 3.10. The van der Waals surface area contributed by atoms with E-state index < -0.39 is 0 Å².